The number of nitrogens with two attached hydrogens (primary N) is 7. The number of aromatic nitrogens is 4. The molecule has 142 heavy (non-hydrogen) atoms. The fraction of sp³-hybridized carbons (Fsp3) is 0.457. The number of amides is 13. The quantitative estimate of drug-likeness (QED) is 0.0110. The highest BCUT2D eigenvalue weighted by atomic mass is 16.2. The van der Waals surface area contributed by atoms with Gasteiger partial charge < -0.3 is 156 Å². The van der Waals surface area contributed by atoms with Crippen LogP contribution in [0, 0.1) is 44.3 Å². The number of benzene rings is 4. The van der Waals surface area contributed by atoms with Gasteiger partial charge in [0.15, 0.2) is 35.8 Å². The maximum atomic E-state index is 15.8. The average molecular weight is 1970 g/mol. The largest absolute Gasteiger partial charge is 0.370 e. The Bertz CT molecular complexity index is 5730. The van der Waals surface area contributed by atoms with E-state index in [1.165, 1.54) is 6.92 Å². The smallest absolute Gasteiger partial charge is 0.243 e. The number of rotatable bonds is 60. The van der Waals surface area contributed by atoms with Crippen molar-refractivity contribution in [1.82, 2.24) is 116 Å². The molecule has 768 valence electrons. The summed E-state index contributed by atoms with van der Waals surface area (Å²) in [6, 6.07) is 11.0. The number of fused-ring (bicyclic) bond motifs is 4. The lowest BCUT2D eigenvalue weighted by atomic mass is 9.96. The molecule has 0 aliphatic heterocycles. The zero-order valence-electron chi connectivity index (χ0n) is 80.4. The van der Waals surface area contributed by atoms with Crippen molar-refractivity contribution in [1.29, 1.82) is 32.5 Å². The van der Waals surface area contributed by atoms with E-state index in [0.717, 1.165) is 10.9 Å². The maximum absolute atomic E-state index is 15.8. The summed E-state index contributed by atoms with van der Waals surface area (Å²) in [6.07, 6.45) is 6.25. The van der Waals surface area contributed by atoms with Gasteiger partial charge in [-0.15, -0.1) is 0 Å². The van der Waals surface area contributed by atoms with Crippen molar-refractivity contribution < 1.29 is 62.3 Å². The number of primary amides is 1. The maximum Gasteiger partial charge on any atom is 0.243 e. The topological polar surface area (TPSA) is 827 Å². The third-order valence-electron chi connectivity index (χ3n) is 24.3. The average Bonchev–Trinajstić information content (AvgIpc) is 1.69. The van der Waals surface area contributed by atoms with Crippen LogP contribution in [-0.2, 0) is 88.0 Å². The highest BCUT2D eigenvalue weighted by Crippen LogP contribution is 2.26. The van der Waals surface area contributed by atoms with Crippen molar-refractivity contribution >= 4 is 156 Å². The third-order valence-corrected chi connectivity index (χ3v) is 24.3. The van der Waals surface area contributed by atoms with Gasteiger partial charge in [0.1, 0.15) is 72.5 Å². The van der Waals surface area contributed by atoms with Crippen LogP contribution in [0.15, 0.2) is 122 Å². The van der Waals surface area contributed by atoms with Gasteiger partial charge in [-0.1, -0.05) is 113 Å². The molecule has 4 heterocycles. The van der Waals surface area contributed by atoms with E-state index >= 15 is 43.2 Å². The molecule has 0 saturated heterocycles. The van der Waals surface area contributed by atoms with Gasteiger partial charge in [-0.2, -0.15) is 0 Å². The first-order valence-electron chi connectivity index (χ1n) is 47.4. The van der Waals surface area contributed by atoms with Gasteiger partial charge in [-0.25, -0.2) is 0 Å². The lowest BCUT2D eigenvalue weighted by Gasteiger charge is -2.30. The summed E-state index contributed by atoms with van der Waals surface area (Å²) in [5, 5.41) is 98.9. The second kappa shape index (κ2) is 56.0. The van der Waals surface area contributed by atoms with E-state index in [1.807, 2.05) is 18.2 Å². The minimum atomic E-state index is -1.61. The van der Waals surface area contributed by atoms with Crippen molar-refractivity contribution in [3.8, 4) is 0 Å². The fourth-order valence-electron chi connectivity index (χ4n) is 16.3. The molecule has 0 spiro atoms. The van der Waals surface area contributed by atoms with Crippen LogP contribution in [-0.4, -0.2) is 244 Å². The number of carbonyl (C=O) groups is 13. The SMILES string of the molecule is CC[C@H](C)[C@H](NC(=O)[C@H](Cc1c[nH]c2ccccc12)NC(=O)[C@H](CCCNC(=N)N)NC(C)=O)C(=O)N[C@@H](CCCNC(=N)N)C(=O)N[C@@H](CCCNC(=N)N)C(=O)N[C@@H](Cc1c[nH]c2ccccc12)C(=O)N[C@H](C(=O)N[C@@H](CCCNC(=N)N)C(=O)N[C@@H](Cc1c[nH]c2ccccc12)C(=O)N[C@@H](Cc1c[nH]c2ccccc12)C(=O)N[C@@H](CCCNC(=N)N)C(=O)N[C@@H](CCCNC(=N)N)C(N)=O)[C@@H](C)CC. The van der Waals surface area contributed by atoms with E-state index in [4.69, 9.17) is 72.6 Å². The van der Waals surface area contributed by atoms with Crippen molar-refractivity contribution in [3.63, 3.8) is 0 Å². The van der Waals surface area contributed by atoms with Crippen LogP contribution in [0.1, 0.15) is 147 Å². The summed E-state index contributed by atoms with van der Waals surface area (Å²) in [6.45, 7) is 8.45. The molecule has 13 amide bonds. The molecule has 0 radical (unpaired) electrons. The van der Waals surface area contributed by atoms with Gasteiger partial charge in [0.2, 0.25) is 76.8 Å². The molecule has 4 aromatic heterocycles. The Morgan fingerprint density at radius 2 is 0.458 bits per heavy atom. The first-order chi connectivity index (χ1) is 67.8. The molecule has 0 unspecified atom stereocenters. The first kappa shape index (κ1) is 111. The molecule has 0 fully saturated rings. The first-order valence-corrected chi connectivity index (χ1v) is 47.4. The fourth-order valence-corrected chi connectivity index (χ4v) is 16.3. The van der Waals surface area contributed by atoms with Crippen molar-refractivity contribution in [2.75, 3.05) is 39.3 Å². The van der Waals surface area contributed by atoms with E-state index in [9.17, 15) is 19.2 Å². The Balaban J connectivity index is 1.11. The number of hydrogen-bond donors (Lipinski definition) is 35. The number of guanidine groups is 6. The second-order valence-electron chi connectivity index (χ2n) is 35.1. The Kier molecular flexibility index (Phi) is 43.8. The standard InChI is InChI=1S/C94H139N35O13/c1-6-50(3)75(128-85(139)73(44-55-48-116-63-28-14-10-24-59(55)63)125-78(132)66(118-52(5)130)31-17-37-109-90(98)99)87(141)122-69(34-20-40-112-93(104)105)80(134)120-68(33-19-39-111-92(102)103)81(135)126-74(45-56-49-117-64-29-15-11-25-60(56)64)86(140)129-76(51(4)7-2)88(142)123-70(35-21-41-113-94(106)107)82(136)124-72(43-54-47-115-62-27-13-9-23-58(54)62)84(138)127-71(42-53-46-114-61-26-12-8-22-57(53)61)83(137)121-67(32-18-38-110-91(100)101)79(133)119-65(77(95)131)30-16-36-108-89(96)97/h8-15,22-29,46-51,65-76,114-117H,6-7,16-21,30-45H2,1-5H3,(H2,95,131)(H,118,130)(H,119,133)(H,120,134)(H,121,137)(H,122,141)(H,123,142)(H,124,136)(H,125,132)(H,126,135)(H,127,138)(H,128,139)(H,129,140)(H4,96,97,108)(H4,98,99,109)(H4,100,101,110)(H4,102,103,111)(H4,104,105,112)(H4,106,107,113)/t50-,51-,65-,66-,67-,68-,69-,70-,71-,72-,73-,74-,75-,76-/m0/s1. The van der Waals surface area contributed by atoms with Crippen molar-refractivity contribution in [3.05, 3.63) is 144 Å². The van der Waals surface area contributed by atoms with E-state index in [-0.39, 0.29) is 173 Å². The predicted molar refractivity (Wildman–Crippen MR) is 540 cm³/mol. The molecular formula is C94H139N35O13. The van der Waals surface area contributed by atoms with Crippen LogP contribution >= 0.6 is 0 Å². The van der Waals surface area contributed by atoms with Gasteiger partial charge in [-0.3, -0.25) is 94.8 Å². The zero-order chi connectivity index (χ0) is 104. The summed E-state index contributed by atoms with van der Waals surface area (Å²) in [4.78, 5) is 206. The number of nitrogens with one attached hydrogen (secondary N) is 28. The van der Waals surface area contributed by atoms with Crippen LogP contribution in [0.5, 0.6) is 0 Å². The van der Waals surface area contributed by atoms with E-state index < -0.39 is 179 Å². The summed E-state index contributed by atoms with van der Waals surface area (Å²) in [5.41, 5.74) is 44.4. The van der Waals surface area contributed by atoms with Gasteiger partial charge in [0.05, 0.1) is 0 Å². The van der Waals surface area contributed by atoms with E-state index in [0.29, 0.717) is 55.0 Å². The van der Waals surface area contributed by atoms with Gasteiger partial charge in [-0.05, 0) is 135 Å². The predicted octanol–water partition coefficient (Wildman–Crippen LogP) is -2.12. The molecule has 0 aliphatic carbocycles. The molecule has 8 rings (SSSR count). The molecule has 0 aliphatic rings. The van der Waals surface area contributed by atoms with Gasteiger partial charge >= 0.3 is 0 Å². The number of aromatic amines is 4. The molecule has 42 N–H and O–H groups in total. The van der Waals surface area contributed by atoms with Gasteiger partial charge in [0.25, 0.3) is 0 Å². The Morgan fingerprint density at radius 3 is 0.676 bits per heavy atom. The van der Waals surface area contributed by atoms with Crippen LogP contribution < -0.4 is 136 Å². The molecule has 14 atom stereocenters. The Labute approximate surface area is 820 Å². The van der Waals surface area contributed by atoms with Crippen LogP contribution in [0.4, 0.5) is 0 Å². The monoisotopic (exact) mass is 1970 g/mol. The molecule has 0 saturated carbocycles. The van der Waals surface area contributed by atoms with E-state index in [1.54, 1.807) is 131 Å². The molecule has 0 bridgehead atoms. The van der Waals surface area contributed by atoms with Gasteiger partial charge in [0, 0.05) is 140 Å². The lowest BCUT2D eigenvalue weighted by molar-refractivity contribution is -0.137. The summed E-state index contributed by atoms with van der Waals surface area (Å²) < 4.78 is 0. The van der Waals surface area contributed by atoms with Crippen molar-refractivity contribution in [2.24, 2.45) is 52.0 Å². The highest BCUT2D eigenvalue weighted by molar-refractivity contribution is 6.02. The molecular weight excluding hydrogens is 1830 g/mol. The lowest BCUT2D eigenvalue weighted by Crippen LogP contribution is -2.62. The number of hydrogen-bond acceptors (Lipinski definition) is 19. The molecule has 48 heteroatoms. The summed E-state index contributed by atoms with van der Waals surface area (Å²) >= 11 is 0. The third kappa shape index (κ3) is 35.3. The highest BCUT2D eigenvalue weighted by Gasteiger charge is 2.40. The van der Waals surface area contributed by atoms with Crippen LogP contribution in [0.25, 0.3) is 43.6 Å². The van der Waals surface area contributed by atoms with Crippen molar-refractivity contribution in [2.45, 2.75) is 223 Å². The minimum absolute atomic E-state index is 0.00301. The molecule has 8 aromatic rings. The second-order valence-corrected chi connectivity index (χ2v) is 35.1. The summed E-state index contributed by atoms with van der Waals surface area (Å²) in [7, 11) is 0. The number of para-hydroxylation sites is 4. The Morgan fingerprint density at radius 1 is 0.268 bits per heavy atom. The zero-order valence-corrected chi connectivity index (χ0v) is 80.4. The minimum Gasteiger partial charge on any atom is -0.370 e. The molecule has 48 nitrogen and oxygen atoms in total. The van der Waals surface area contributed by atoms with Crippen LogP contribution in [0.3, 0.4) is 0 Å². The summed E-state index contributed by atoms with van der Waals surface area (Å²) in [5.74, 6) is -14.9. The van der Waals surface area contributed by atoms with Crippen LogP contribution in [0.2, 0.25) is 0 Å². The number of H-pyrrole nitrogens is 4. The molecule has 4 aromatic carbocycles. The van der Waals surface area contributed by atoms with E-state index in [2.05, 4.69) is 116 Å². The number of carbonyl (C=O) groups excluding carboxylic acids is 13. The normalized spacial score (nSPS) is 14.1. The Hall–Kier alpha value is -16.2.